The lowest BCUT2D eigenvalue weighted by molar-refractivity contribution is -0.113. The molecule has 1 unspecified atom stereocenters. The predicted octanol–water partition coefficient (Wildman–Crippen LogP) is 0.732. The first-order valence-electron chi connectivity index (χ1n) is 3.42. The van der Waals surface area contributed by atoms with E-state index in [1.54, 1.807) is 0 Å². The number of aldehydes is 1. The molecule has 0 bridgehead atoms. The maximum Gasteiger partial charge on any atom is 0.141 e. The molecular formula is C7H12NO. The highest BCUT2D eigenvalue weighted by molar-refractivity contribution is 5.63. The van der Waals surface area contributed by atoms with Crippen molar-refractivity contribution in [2.45, 2.75) is 31.7 Å². The summed E-state index contributed by atoms with van der Waals surface area (Å²) in [7, 11) is 0. The van der Waals surface area contributed by atoms with Gasteiger partial charge in [0.2, 0.25) is 0 Å². The second kappa shape index (κ2) is 2.48. The SMILES string of the molecule is CC1(C=O)CCCC[N]1. The molecule has 0 aliphatic carbocycles. The molecule has 2 heteroatoms. The van der Waals surface area contributed by atoms with Gasteiger partial charge in [0.15, 0.2) is 0 Å². The summed E-state index contributed by atoms with van der Waals surface area (Å²) >= 11 is 0. The first-order chi connectivity index (χ1) is 4.27. The number of rotatable bonds is 1. The van der Waals surface area contributed by atoms with Crippen LogP contribution >= 0.6 is 0 Å². The number of nitrogens with zero attached hydrogens (tertiary/aromatic N) is 1. The fourth-order valence-electron chi connectivity index (χ4n) is 1.10. The van der Waals surface area contributed by atoms with Gasteiger partial charge in [-0.15, -0.1) is 0 Å². The highest BCUT2D eigenvalue weighted by atomic mass is 16.1. The minimum Gasteiger partial charge on any atom is -0.301 e. The number of carbonyl (C=O) groups is 1. The van der Waals surface area contributed by atoms with Crippen LogP contribution in [0.15, 0.2) is 0 Å². The van der Waals surface area contributed by atoms with Crippen LogP contribution in [0.5, 0.6) is 0 Å². The van der Waals surface area contributed by atoms with Crippen LogP contribution in [0.1, 0.15) is 26.2 Å². The van der Waals surface area contributed by atoms with Crippen molar-refractivity contribution < 1.29 is 4.79 Å². The molecule has 1 aliphatic rings. The van der Waals surface area contributed by atoms with Crippen LogP contribution in [0.2, 0.25) is 0 Å². The molecule has 0 saturated carbocycles. The van der Waals surface area contributed by atoms with Crippen molar-refractivity contribution in [1.82, 2.24) is 5.32 Å². The van der Waals surface area contributed by atoms with Gasteiger partial charge in [-0.3, -0.25) is 0 Å². The van der Waals surface area contributed by atoms with Gasteiger partial charge in [-0.1, -0.05) is 0 Å². The number of hydrogen-bond donors (Lipinski definition) is 0. The monoisotopic (exact) mass is 126 g/mol. The second-order valence-electron chi connectivity index (χ2n) is 2.81. The van der Waals surface area contributed by atoms with E-state index in [1.807, 2.05) is 6.92 Å². The summed E-state index contributed by atoms with van der Waals surface area (Å²) in [6.45, 7) is 2.77. The largest absolute Gasteiger partial charge is 0.301 e. The molecule has 0 aromatic heterocycles. The molecule has 0 aromatic carbocycles. The van der Waals surface area contributed by atoms with Gasteiger partial charge in [-0.2, -0.15) is 0 Å². The lowest BCUT2D eigenvalue weighted by atomic mass is 9.93. The Kier molecular flexibility index (Phi) is 1.86. The number of piperidine rings is 1. The third-order valence-corrected chi connectivity index (χ3v) is 1.82. The molecule has 51 valence electrons. The van der Waals surface area contributed by atoms with E-state index in [4.69, 9.17) is 0 Å². The van der Waals surface area contributed by atoms with Crippen LogP contribution in [0.4, 0.5) is 0 Å². The van der Waals surface area contributed by atoms with Crippen LogP contribution in [0.3, 0.4) is 0 Å². The summed E-state index contributed by atoms with van der Waals surface area (Å²) in [6.07, 6.45) is 4.21. The van der Waals surface area contributed by atoms with E-state index in [2.05, 4.69) is 5.32 Å². The number of carbonyl (C=O) groups excluding carboxylic acids is 1. The summed E-state index contributed by atoms with van der Waals surface area (Å²) in [5, 5.41) is 4.21. The summed E-state index contributed by atoms with van der Waals surface area (Å²) in [6, 6.07) is 0. The molecule has 1 atom stereocenters. The van der Waals surface area contributed by atoms with Gasteiger partial charge >= 0.3 is 0 Å². The molecule has 2 nitrogen and oxygen atoms in total. The van der Waals surface area contributed by atoms with Crippen molar-refractivity contribution in [2.24, 2.45) is 0 Å². The molecule has 0 N–H and O–H groups in total. The summed E-state index contributed by atoms with van der Waals surface area (Å²) in [4.78, 5) is 10.4. The summed E-state index contributed by atoms with van der Waals surface area (Å²) < 4.78 is 0. The van der Waals surface area contributed by atoms with Gasteiger partial charge in [0.1, 0.15) is 6.29 Å². The smallest absolute Gasteiger partial charge is 0.141 e. The van der Waals surface area contributed by atoms with Gasteiger partial charge in [-0.25, -0.2) is 5.32 Å². The molecular weight excluding hydrogens is 114 g/mol. The average molecular weight is 126 g/mol. The predicted molar refractivity (Wildman–Crippen MR) is 35.3 cm³/mol. The zero-order valence-corrected chi connectivity index (χ0v) is 5.76. The second-order valence-corrected chi connectivity index (χ2v) is 2.81. The van der Waals surface area contributed by atoms with E-state index in [1.165, 1.54) is 0 Å². The Morgan fingerprint density at radius 1 is 1.56 bits per heavy atom. The van der Waals surface area contributed by atoms with E-state index < -0.39 is 0 Å². The molecule has 1 radical (unpaired) electrons. The topological polar surface area (TPSA) is 31.2 Å². The van der Waals surface area contributed by atoms with E-state index in [0.29, 0.717) is 0 Å². The molecule has 1 aliphatic heterocycles. The average Bonchev–Trinajstić information content (AvgIpc) is 1.90. The Morgan fingerprint density at radius 3 is 2.67 bits per heavy atom. The van der Waals surface area contributed by atoms with Crippen molar-refractivity contribution in [3.05, 3.63) is 0 Å². The van der Waals surface area contributed by atoms with Gasteiger partial charge in [-0.05, 0) is 26.2 Å². The fraction of sp³-hybridized carbons (Fsp3) is 0.857. The summed E-state index contributed by atoms with van der Waals surface area (Å²) in [5.41, 5.74) is -0.335. The van der Waals surface area contributed by atoms with Crippen molar-refractivity contribution in [3.8, 4) is 0 Å². The van der Waals surface area contributed by atoms with Crippen molar-refractivity contribution in [2.75, 3.05) is 6.54 Å². The Hall–Kier alpha value is -0.370. The standard InChI is InChI=1S/C7H12NO/c1-7(6-9)4-2-3-5-8-7/h6H,2-5H2,1H3. The zero-order chi connectivity index (χ0) is 6.74. The van der Waals surface area contributed by atoms with Crippen LogP contribution in [0, 0.1) is 0 Å². The van der Waals surface area contributed by atoms with Gasteiger partial charge in [0.25, 0.3) is 0 Å². The van der Waals surface area contributed by atoms with Crippen LogP contribution in [-0.4, -0.2) is 18.4 Å². The lowest BCUT2D eigenvalue weighted by Crippen LogP contribution is -2.41. The Labute approximate surface area is 55.6 Å². The maximum absolute atomic E-state index is 10.4. The Balaban J connectivity index is 2.46. The highest BCUT2D eigenvalue weighted by Crippen LogP contribution is 2.17. The van der Waals surface area contributed by atoms with E-state index in [-0.39, 0.29) is 5.54 Å². The van der Waals surface area contributed by atoms with Crippen LogP contribution in [-0.2, 0) is 4.79 Å². The third kappa shape index (κ3) is 1.52. The zero-order valence-electron chi connectivity index (χ0n) is 5.76. The van der Waals surface area contributed by atoms with E-state index in [9.17, 15) is 4.79 Å². The highest BCUT2D eigenvalue weighted by Gasteiger charge is 2.26. The van der Waals surface area contributed by atoms with Crippen LogP contribution in [0.25, 0.3) is 0 Å². The Bertz CT molecular complexity index is 105. The van der Waals surface area contributed by atoms with E-state index >= 15 is 0 Å². The summed E-state index contributed by atoms with van der Waals surface area (Å²) in [5.74, 6) is 0. The minimum absolute atomic E-state index is 0.335. The minimum atomic E-state index is -0.335. The normalized spacial score (nSPS) is 36.1. The molecule has 0 spiro atoms. The van der Waals surface area contributed by atoms with Crippen molar-refractivity contribution in [1.29, 1.82) is 0 Å². The van der Waals surface area contributed by atoms with Crippen molar-refractivity contribution >= 4 is 6.29 Å². The first-order valence-corrected chi connectivity index (χ1v) is 3.42. The quantitative estimate of drug-likeness (QED) is 0.476. The molecule has 1 saturated heterocycles. The Morgan fingerprint density at radius 2 is 2.33 bits per heavy atom. The lowest BCUT2D eigenvalue weighted by Gasteiger charge is -2.26. The third-order valence-electron chi connectivity index (χ3n) is 1.82. The molecule has 0 aromatic rings. The van der Waals surface area contributed by atoms with Gasteiger partial charge in [0, 0.05) is 6.54 Å². The van der Waals surface area contributed by atoms with Gasteiger partial charge < -0.3 is 4.79 Å². The van der Waals surface area contributed by atoms with Crippen LogP contribution < -0.4 is 5.32 Å². The first kappa shape index (κ1) is 6.75. The van der Waals surface area contributed by atoms with E-state index in [0.717, 1.165) is 32.1 Å². The fourth-order valence-corrected chi connectivity index (χ4v) is 1.10. The molecule has 1 rings (SSSR count). The molecule has 9 heavy (non-hydrogen) atoms. The molecule has 0 amide bonds. The molecule has 1 fully saturated rings. The maximum atomic E-state index is 10.4. The molecule has 1 heterocycles. The van der Waals surface area contributed by atoms with Gasteiger partial charge in [0.05, 0.1) is 5.54 Å². The number of hydrogen-bond acceptors (Lipinski definition) is 1. The van der Waals surface area contributed by atoms with Crippen molar-refractivity contribution in [3.63, 3.8) is 0 Å².